The number of amides is 2. The minimum absolute atomic E-state index is 0.205. The maximum atomic E-state index is 11.9. The summed E-state index contributed by atoms with van der Waals surface area (Å²) in [5.41, 5.74) is 4.26. The van der Waals surface area contributed by atoms with Crippen LogP contribution in [0.25, 0.3) is 11.4 Å². The fraction of sp³-hybridized carbons (Fsp3) is 0.370. The highest BCUT2D eigenvalue weighted by atomic mass is 16.5. The van der Waals surface area contributed by atoms with Gasteiger partial charge in [0.05, 0.1) is 43.1 Å². The minimum atomic E-state index is -0.238. The Morgan fingerprint density at radius 1 is 1.22 bits per heavy atom. The van der Waals surface area contributed by atoms with Gasteiger partial charge >= 0.3 is 6.03 Å². The number of rotatable bonds is 5. The van der Waals surface area contributed by atoms with Crippen molar-refractivity contribution in [1.29, 1.82) is 5.26 Å². The molecule has 2 N–H and O–H groups in total. The van der Waals surface area contributed by atoms with E-state index in [1.54, 1.807) is 12.3 Å². The van der Waals surface area contributed by atoms with Gasteiger partial charge in [0.25, 0.3) is 0 Å². The fourth-order valence-corrected chi connectivity index (χ4v) is 4.71. The van der Waals surface area contributed by atoms with Crippen molar-refractivity contribution < 1.29 is 9.53 Å². The lowest BCUT2D eigenvalue weighted by atomic mass is 10.0. The van der Waals surface area contributed by atoms with Crippen molar-refractivity contribution in [3.8, 4) is 17.5 Å². The van der Waals surface area contributed by atoms with Gasteiger partial charge in [-0.3, -0.25) is 0 Å². The number of hydrogen-bond donors (Lipinski definition) is 2. The molecular formula is C27H30N8O2. The summed E-state index contributed by atoms with van der Waals surface area (Å²) in [6.45, 7) is 8.03. The van der Waals surface area contributed by atoms with Gasteiger partial charge in [-0.1, -0.05) is 0 Å². The normalized spacial score (nSPS) is 17.1. The molecule has 0 aliphatic carbocycles. The Hall–Kier alpha value is -4.23. The molecule has 1 unspecified atom stereocenters. The predicted octanol–water partition coefficient (Wildman–Crippen LogP) is 3.34. The molecule has 0 radical (unpaired) electrons. The quantitative estimate of drug-likeness (QED) is 0.550. The van der Waals surface area contributed by atoms with Crippen LogP contribution in [-0.4, -0.2) is 59.9 Å². The molecular weight excluding hydrogens is 468 g/mol. The Bertz CT molecular complexity index is 1320. The molecule has 1 saturated heterocycles. The van der Waals surface area contributed by atoms with Gasteiger partial charge in [-0.05, 0) is 56.7 Å². The molecule has 190 valence electrons. The largest absolute Gasteiger partial charge is 0.377 e. The first-order chi connectivity index (χ1) is 18.1. The molecule has 0 bridgehead atoms. The lowest BCUT2D eigenvalue weighted by molar-refractivity contribution is 0.0984. The number of urea groups is 1. The molecule has 2 aromatic heterocycles. The van der Waals surface area contributed by atoms with Gasteiger partial charge in [0.15, 0.2) is 5.82 Å². The number of aromatic nitrogens is 3. The molecule has 37 heavy (non-hydrogen) atoms. The van der Waals surface area contributed by atoms with E-state index >= 15 is 0 Å². The van der Waals surface area contributed by atoms with Crippen LogP contribution in [-0.2, 0) is 17.7 Å². The van der Waals surface area contributed by atoms with Crippen LogP contribution in [0.5, 0.6) is 0 Å². The number of pyridine rings is 1. The molecule has 5 rings (SSSR count). The van der Waals surface area contributed by atoms with Crippen LogP contribution in [0.4, 0.5) is 22.1 Å². The molecule has 10 nitrogen and oxygen atoms in total. The van der Waals surface area contributed by atoms with E-state index in [9.17, 15) is 10.1 Å². The van der Waals surface area contributed by atoms with E-state index in [2.05, 4.69) is 38.4 Å². The van der Waals surface area contributed by atoms with Gasteiger partial charge in [0.1, 0.15) is 11.6 Å². The smallest absolute Gasteiger partial charge is 0.319 e. The summed E-state index contributed by atoms with van der Waals surface area (Å²) in [6.07, 6.45) is 2.45. The van der Waals surface area contributed by atoms with Crippen molar-refractivity contribution >= 4 is 23.4 Å². The van der Waals surface area contributed by atoms with Gasteiger partial charge in [-0.15, -0.1) is 0 Å². The van der Waals surface area contributed by atoms with E-state index < -0.39 is 0 Å². The third-order valence-electron chi connectivity index (χ3n) is 6.62. The van der Waals surface area contributed by atoms with Crippen molar-refractivity contribution in [3.63, 3.8) is 0 Å². The molecule has 10 heteroatoms. The second-order valence-corrected chi connectivity index (χ2v) is 9.16. The highest BCUT2D eigenvalue weighted by Gasteiger charge is 2.29. The molecule has 1 atom stereocenters. The van der Waals surface area contributed by atoms with E-state index in [1.165, 1.54) is 0 Å². The maximum Gasteiger partial charge on any atom is 0.319 e. The van der Waals surface area contributed by atoms with Gasteiger partial charge in [0.2, 0.25) is 0 Å². The topological polar surface area (TPSA) is 119 Å². The average Bonchev–Trinajstić information content (AvgIpc) is 2.93. The number of nitrogens with one attached hydrogen (secondary N) is 2. The molecule has 0 saturated carbocycles. The Morgan fingerprint density at radius 2 is 2.05 bits per heavy atom. The van der Waals surface area contributed by atoms with Crippen LogP contribution in [0.3, 0.4) is 0 Å². The Morgan fingerprint density at radius 3 is 2.81 bits per heavy atom. The summed E-state index contributed by atoms with van der Waals surface area (Å²) >= 11 is 0. The lowest BCUT2D eigenvalue weighted by Crippen LogP contribution is -2.45. The predicted molar refractivity (Wildman–Crippen MR) is 141 cm³/mol. The van der Waals surface area contributed by atoms with Crippen LogP contribution in [0, 0.1) is 11.3 Å². The number of nitrogens with zero attached hydrogens (tertiary/aromatic N) is 6. The van der Waals surface area contributed by atoms with E-state index in [0.29, 0.717) is 43.4 Å². The summed E-state index contributed by atoms with van der Waals surface area (Å²) < 4.78 is 5.68. The number of morpholine rings is 1. The molecule has 1 fully saturated rings. The van der Waals surface area contributed by atoms with Gasteiger partial charge in [-0.2, -0.15) is 5.26 Å². The Labute approximate surface area is 216 Å². The molecule has 0 spiro atoms. The molecule has 4 heterocycles. The zero-order valence-corrected chi connectivity index (χ0v) is 21.1. The molecule has 2 aliphatic heterocycles. The number of hydrogen-bond acceptors (Lipinski definition) is 8. The van der Waals surface area contributed by atoms with E-state index in [4.69, 9.17) is 14.7 Å². The van der Waals surface area contributed by atoms with Crippen molar-refractivity contribution in [3.05, 3.63) is 59.4 Å². The SMILES string of the molecule is CCNC(=O)Nc1ccc(-c2nc3c(c(N4CCOCC4C)n2)CCN(c2cc(C#N)ccn2)C3)cc1. The van der Waals surface area contributed by atoms with Crippen LogP contribution in [0.15, 0.2) is 42.6 Å². The minimum Gasteiger partial charge on any atom is -0.377 e. The monoisotopic (exact) mass is 498 g/mol. The number of nitriles is 1. The van der Waals surface area contributed by atoms with E-state index in [1.807, 2.05) is 37.3 Å². The number of carbonyl (C=O) groups is 1. The number of ether oxygens (including phenoxy) is 1. The fourth-order valence-electron chi connectivity index (χ4n) is 4.71. The third kappa shape index (κ3) is 5.32. The van der Waals surface area contributed by atoms with Gasteiger partial charge in [-0.25, -0.2) is 19.7 Å². The van der Waals surface area contributed by atoms with Gasteiger partial charge < -0.3 is 25.2 Å². The zero-order chi connectivity index (χ0) is 25.8. The average molecular weight is 499 g/mol. The first kappa shape index (κ1) is 24.5. The number of anilines is 3. The van der Waals surface area contributed by atoms with E-state index in [-0.39, 0.29) is 12.1 Å². The second kappa shape index (κ2) is 10.8. The van der Waals surface area contributed by atoms with Crippen LogP contribution in [0.1, 0.15) is 30.7 Å². The van der Waals surface area contributed by atoms with Crippen molar-refractivity contribution in [2.24, 2.45) is 0 Å². The molecule has 3 aromatic rings. The first-order valence-corrected chi connectivity index (χ1v) is 12.6. The summed E-state index contributed by atoms with van der Waals surface area (Å²) in [4.78, 5) is 30.9. The van der Waals surface area contributed by atoms with Crippen molar-refractivity contribution in [1.82, 2.24) is 20.3 Å². The molecule has 2 aliphatic rings. The third-order valence-corrected chi connectivity index (χ3v) is 6.62. The molecule has 1 aromatic carbocycles. The summed E-state index contributed by atoms with van der Waals surface area (Å²) in [6, 6.07) is 13.3. The standard InChI is InChI=1S/C27H30N8O2/c1-3-29-27(36)31-21-6-4-20(5-7-21)25-32-23-16-34(24-14-19(15-28)8-10-30-24)11-9-22(23)26(33-25)35-12-13-37-17-18(35)2/h4-8,10,14,18H,3,9,11-13,16-17H2,1-2H3,(H2,29,31,36). The highest BCUT2D eigenvalue weighted by molar-refractivity contribution is 5.89. The first-order valence-electron chi connectivity index (χ1n) is 12.6. The Balaban J connectivity index is 1.50. The second-order valence-electron chi connectivity index (χ2n) is 9.16. The summed E-state index contributed by atoms with van der Waals surface area (Å²) in [5.74, 6) is 2.36. The van der Waals surface area contributed by atoms with Crippen LogP contribution >= 0.6 is 0 Å². The van der Waals surface area contributed by atoms with Crippen LogP contribution in [0.2, 0.25) is 0 Å². The summed E-state index contributed by atoms with van der Waals surface area (Å²) in [5, 5.41) is 14.9. The summed E-state index contributed by atoms with van der Waals surface area (Å²) in [7, 11) is 0. The zero-order valence-electron chi connectivity index (χ0n) is 21.1. The van der Waals surface area contributed by atoms with Gasteiger partial charge in [0, 0.05) is 42.6 Å². The number of fused-ring (bicyclic) bond motifs is 1. The highest BCUT2D eigenvalue weighted by Crippen LogP contribution is 2.33. The lowest BCUT2D eigenvalue weighted by Gasteiger charge is -2.38. The maximum absolute atomic E-state index is 11.9. The molecule has 2 amide bonds. The van der Waals surface area contributed by atoms with Crippen molar-refractivity contribution in [2.45, 2.75) is 32.9 Å². The number of benzene rings is 1. The number of carbonyl (C=O) groups excluding carboxylic acids is 1. The van der Waals surface area contributed by atoms with Crippen LogP contribution < -0.4 is 20.4 Å². The van der Waals surface area contributed by atoms with E-state index in [0.717, 1.165) is 48.0 Å². The Kier molecular flexibility index (Phi) is 7.14. The van der Waals surface area contributed by atoms with Crippen molar-refractivity contribution in [2.75, 3.05) is 48.0 Å².